The number of carbonyl (C=O) groups is 5. The largest absolute Gasteiger partial charge is 0.469 e. The molecule has 0 saturated carbocycles. The molecule has 2 N–H and O–H groups in total. The van der Waals surface area contributed by atoms with Crippen molar-refractivity contribution in [3.63, 3.8) is 0 Å². The van der Waals surface area contributed by atoms with E-state index in [1.807, 2.05) is 88.4 Å². The molecule has 0 saturated heterocycles. The van der Waals surface area contributed by atoms with Gasteiger partial charge in [-0.2, -0.15) is 9.13 Å². The molecule has 2 aromatic heterocycles. The molecule has 56 heavy (non-hydrogen) atoms. The number of ether oxygens (including phenoxy) is 3. The molecule has 0 aliphatic carbocycles. The van der Waals surface area contributed by atoms with Gasteiger partial charge in [0, 0.05) is 37.1 Å². The molecule has 4 aromatic rings. The molecule has 0 aliphatic heterocycles. The summed E-state index contributed by atoms with van der Waals surface area (Å²) in [4.78, 5) is 59.9. The number of hydrogen-bond donors (Lipinski definition) is 2. The molecule has 0 unspecified atom stereocenters. The molecule has 0 bridgehead atoms. The van der Waals surface area contributed by atoms with E-state index >= 15 is 0 Å². The summed E-state index contributed by atoms with van der Waals surface area (Å²) >= 11 is 0. The van der Waals surface area contributed by atoms with Gasteiger partial charge in [0.25, 0.3) is 13.5 Å². The van der Waals surface area contributed by atoms with E-state index in [1.165, 1.54) is 7.11 Å². The van der Waals surface area contributed by atoms with Gasteiger partial charge in [0.05, 0.1) is 24.2 Å². The maximum absolute atomic E-state index is 12.3. The fourth-order valence-corrected chi connectivity index (χ4v) is 5.49. The number of nitrogens with zero attached hydrogens (tertiary/aromatic N) is 2. The van der Waals surface area contributed by atoms with Gasteiger partial charge in [0.15, 0.2) is 36.4 Å². The number of esters is 1. The smallest absolute Gasteiger partial charge is 0.412 e. The average Bonchev–Trinajstić information content (AvgIpc) is 3.16. The first-order valence-corrected chi connectivity index (χ1v) is 18.4. The van der Waals surface area contributed by atoms with Crippen LogP contribution in [0.1, 0.15) is 79.3 Å². The van der Waals surface area contributed by atoms with Crippen molar-refractivity contribution < 1.29 is 47.3 Å². The lowest BCUT2D eigenvalue weighted by molar-refractivity contribution is -0.727. The third-order valence-electron chi connectivity index (χ3n) is 8.24. The summed E-state index contributed by atoms with van der Waals surface area (Å²) < 4.78 is 18.4. The quantitative estimate of drug-likeness (QED) is 0.0527. The Kier molecular flexibility index (Phi) is 20.5. The minimum absolute atomic E-state index is 0. The molecule has 12 nitrogen and oxygen atoms in total. The number of rotatable bonds is 17. The average molecular weight is 791 g/mol. The maximum Gasteiger partial charge on any atom is 0.412 e. The second-order valence-corrected chi connectivity index (χ2v) is 13.9. The van der Waals surface area contributed by atoms with Crippen LogP contribution in [0.4, 0.5) is 9.59 Å². The third-order valence-corrected chi connectivity index (χ3v) is 8.24. The van der Waals surface area contributed by atoms with E-state index in [0.717, 1.165) is 17.5 Å². The second kappa shape index (κ2) is 24.7. The predicted molar refractivity (Wildman–Crippen MR) is 213 cm³/mol. The Morgan fingerprint density at radius 3 is 1.39 bits per heavy atom. The molecule has 3 atom stereocenters. The van der Waals surface area contributed by atoms with Gasteiger partial charge in [-0.05, 0) is 55.9 Å². The van der Waals surface area contributed by atoms with E-state index in [2.05, 4.69) is 15.4 Å². The Bertz CT molecular complexity index is 1840. The van der Waals surface area contributed by atoms with Crippen LogP contribution in [0.5, 0.6) is 0 Å². The number of methoxy groups -OCH3 is 1. The molecule has 0 fully saturated rings. The van der Waals surface area contributed by atoms with E-state index in [4.69, 9.17) is 9.47 Å². The van der Waals surface area contributed by atoms with E-state index < -0.39 is 24.1 Å². The first-order valence-electron chi connectivity index (χ1n) is 18.4. The fraction of sp³-hybridized carbons (Fsp3) is 0.372. The van der Waals surface area contributed by atoms with Gasteiger partial charge >= 0.3 is 18.2 Å². The van der Waals surface area contributed by atoms with Crippen molar-refractivity contribution in [1.82, 2.24) is 10.6 Å². The molecule has 2 heterocycles. The molecule has 2 amide bonds. The van der Waals surface area contributed by atoms with Crippen LogP contribution in [0.3, 0.4) is 0 Å². The van der Waals surface area contributed by atoms with Crippen LogP contribution >= 0.6 is 12.4 Å². The number of ketones is 2. The van der Waals surface area contributed by atoms with Crippen molar-refractivity contribution in [2.24, 2.45) is 11.8 Å². The highest BCUT2D eigenvalue weighted by atomic mass is 35.5. The Morgan fingerprint density at radius 1 is 0.589 bits per heavy atom. The summed E-state index contributed by atoms with van der Waals surface area (Å²) in [5.41, 5.74) is 3.35. The minimum atomic E-state index is -0.531. The van der Waals surface area contributed by atoms with E-state index in [-0.39, 0.29) is 55.9 Å². The molecule has 300 valence electrons. The summed E-state index contributed by atoms with van der Waals surface area (Å²) in [5.74, 6) is -0.723. The van der Waals surface area contributed by atoms with E-state index in [1.54, 1.807) is 65.1 Å². The molecule has 4 rings (SSSR count). The Morgan fingerprint density at radius 2 is 1.00 bits per heavy atom. The standard InChI is InChI=1S/C22H26N2O5.C21H26N2O3.ClH/c1-16(21(26)28-3)12-20(25)19-10-7-11-24(14-19)15-29-22(27)23-17(2)13-18-8-5-4-6-9-18;1-16(2)12-20(24)19-10-7-11-23(14-19)15-26-21(25)22-17(3)13-18-8-5-4-6-9-18;/h4-11,14,16-17H,12-13,15H2,1-3H3;4-11,14,16-17H,12-13,15H2,1-3H3;1H/p+2/t16-,17+;17-;/m10./s1. The minimum Gasteiger partial charge on any atom is -0.469 e. The summed E-state index contributed by atoms with van der Waals surface area (Å²) in [6.07, 6.45) is 7.76. The highest BCUT2D eigenvalue weighted by Crippen LogP contribution is 2.11. The maximum atomic E-state index is 12.3. The predicted octanol–water partition coefficient (Wildman–Crippen LogP) is 6.61. The van der Waals surface area contributed by atoms with Crippen molar-refractivity contribution in [2.45, 2.75) is 85.8 Å². The molecular formula is C43H55ClN4O8+2. The van der Waals surface area contributed by atoms with Gasteiger partial charge in [0.2, 0.25) is 0 Å². The van der Waals surface area contributed by atoms with Crippen molar-refractivity contribution >= 4 is 42.1 Å². The van der Waals surface area contributed by atoms with Gasteiger partial charge in [-0.3, -0.25) is 14.4 Å². The highest BCUT2D eigenvalue weighted by Gasteiger charge is 2.21. The number of nitrogens with one attached hydrogen (secondary N) is 2. The molecular weight excluding hydrogens is 736 g/mol. The van der Waals surface area contributed by atoms with Crippen LogP contribution < -0.4 is 19.8 Å². The summed E-state index contributed by atoms with van der Waals surface area (Å²) in [6, 6.07) is 26.6. The van der Waals surface area contributed by atoms with Gasteiger partial charge in [-0.15, -0.1) is 12.4 Å². The normalized spacial score (nSPS) is 12.0. The molecule has 0 aliphatic rings. The molecule has 2 aromatic carbocycles. The number of Topliss-reactive ketones (excluding diaryl/α,β-unsaturated/α-hetero) is 2. The topological polar surface area (TPSA) is 145 Å². The number of aromatic nitrogens is 2. The number of carbonyl (C=O) groups excluding carboxylic acids is 5. The lowest BCUT2D eigenvalue weighted by Gasteiger charge is -2.13. The third kappa shape index (κ3) is 17.7. The second-order valence-electron chi connectivity index (χ2n) is 13.9. The van der Waals surface area contributed by atoms with Crippen LogP contribution in [0, 0.1) is 11.8 Å². The molecule has 13 heteroatoms. The monoisotopic (exact) mass is 790 g/mol. The van der Waals surface area contributed by atoms with Crippen LogP contribution in [0.25, 0.3) is 0 Å². The SMILES string of the molecule is CC(C)CC(=O)c1ccc[n+](COC(=O)N[C@@H](C)Cc2ccccc2)c1.COC(=O)[C@H](C)CC(=O)c1ccc[n+](COC(=O)N[C@@H](C)Cc2ccccc2)c1.Cl. The molecule has 0 radical (unpaired) electrons. The number of hydrogen-bond acceptors (Lipinski definition) is 8. The van der Waals surface area contributed by atoms with Crippen LogP contribution in [0.2, 0.25) is 0 Å². The van der Waals surface area contributed by atoms with Crippen LogP contribution in [0.15, 0.2) is 110 Å². The summed E-state index contributed by atoms with van der Waals surface area (Å²) in [7, 11) is 1.29. The zero-order chi connectivity index (χ0) is 40.2. The Hall–Kier alpha value is -5.62. The number of amides is 2. The first kappa shape index (κ1) is 46.5. The zero-order valence-corrected chi connectivity index (χ0v) is 33.8. The Labute approximate surface area is 336 Å². The summed E-state index contributed by atoms with van der Waals surface area (Å²) in [5, 5.41) is 5.61. The lowest BCUT2D eigenvalue weighted by atomic mass is 10.0. The van der Waals surface area contributed by atoms with Crippen molar-refractivity contribution in [1.29, 1.82) is 0 Å². The fourth-order valence-electron chi connectivity index (χ4n) is 5.49. The molecule has 0 spiro atoms. The van der Waals surface area contributed by atoms with Gasteiger partial charge in [-0.1, -0.05) is 81.4 Å². The van der Waals surface area contributed by atoms with Crippen molar-refractivity contribution in [3.8, 4) is 0 Å². The number of pyridine rings is 2. The van der Waals surface area contributed by atoms with Gasteiger partial charge < -0.3 is 24.8 Å². The Balaban J connectivity index is 0.000000382. The van der Waals surface area contributed by atoms with Crippen LogP contribution in [-0.4, -0.2) is 48.9 Å². The van der Waals surface area contributed by atoms with Gasteiger partial charge in [0.1, 0.15) is 0 Å². The summed E-state index contributed by atoms with van der Waals surface area (Å²) in [6.45, 7) is 9.54. The zero-order valence-electron chi connectivity index (χ0n) is 33.0. The number of halogens is 1. The van der Waals surface area contributed by atoms with E-state index in [0.29, 0.717) is 29.9 Å². The lowest BCUT2D eigenvalue weighted by Crippen LogP contribution is -2.41. The number of benzene rings is 2. The van der Waals surface area contributed by atoms with Crippen LogP contribution in [-0.2, 0) is 45.3 Å². The van der Waals surface area contributed by atoms with Crippen molar-refractivity contribution in [3.05, 3.63) is 132 Å². The highest BCUT2D eigenvalue weighted by molar-refractivity contribution is 5.97. The van der Waals surface area contributed by atoms with Gasteiger partial charge in [-0.25, -0.2) is 9.59 Å². The number of alkyl carbamates (subject to hydrolysis) is 2. The van der Waals surface area contributed by atoms with E-state index in [9.17, 15) is 24.0 Å². The van der Waals surface area contributed by atoms with Crippen molar-refractivity contribution in [2.75, 3.05) is 7.11 Å². The first-order chi connectivity index (χ1) is 26.3.